The minimum Gasteiger partial charge on any atom is -0.462 e. The van der Waals surface area contributed by atoms with E-state index in [9.17, 15) is 9.59 Å². The molecule has 4 heteroatoms. The Labute approximate surface area is 232 Å². The molecule has 11 unspecified atom stereocenters. The highest BCUT2D eigenvalue weighted by Gasteiger charge is 2.73. The first kappa shape index (κ1) is 28.2. The zero-order chi connectivity index (χ0) is 28.1. The Kier molecular flexibility index (Phi) is 6.56. The van der Waals surface area contributed by atoms with Crippen molar-refractivity contribution in [3.05, 3.63) is 12.2 Å². The highest BCUT2D eigenvalue weighted by Crippen LogP contribution is 2.77. The molecular weight excluding hydrogens is 472 g/mol. The van der Waals surface area contributed by atoms with Crippen LogP contribution in [-0.4, -0.2) is 24.1 Å². The van der Waals surface area contributed by atoms with Gasteiger partial charge in [-0.05, 0) is 111 Å². The summed E-state index contributed by atoms with van der Waals surface area (Å²) in [5.41, 5.74) is 1.76. The highest BCUT2D eigenvalue weighted by molar-refractivity contribution is 5.66. The molecule has 11 atom stereocenters. The molecule has 0 aromatic heterocycles. The number of allylic oxidation sites excluding steroid dienone is 1. The average molecular weight is 527 g/mol. The molecule has 0 aromatic carbocycles. The summed E-state index contributed by atoms with van der Waals surface area (Å²) in [6, 6.07) is 0. The van der Waals surface area contributed by atoms with Gasteiger partial charge in [0.25, 0.3) is 0 Å². The van der Waals surface area contributed by atoms with Crippen LogP contribution in [0.4, 0.5) is 0 Å². The third kappa shape index (κ3) is 3.66. The minimum absolute atomic E-state index is 0.0826. The topological polar surface area (TPSA) is 52.6 Å². The Morgan fingerprint density at radius 3 is 1.97 bits per heavy atom. The Balaban J connectivity index is 1.60. The van der Waals surface area contributed by atoms with Gasteiger partial charge in [-0.25, -0.2) is 0 Å². The molecule has 4 nitrogen and oxygen atoms in total. The van der Waals surface area contributed by atoms with Crippen LogP contribution in [0.1, 0.15) is 120 Å². The van der Waals surface area contributed by atoms with Crippen molar-refractivity contribution in [2.75, 3.05) is 0 Å². The lowest BCUT2D eigenvalue weighted by molar-refractivity contribution is -0.287. The standard InChI is InChI=1S/C34H54O4/c1-20(2)23-13-15-31(7)17-18-33(9)24(29(23)31)11-12-25-32(8)16-14-27(37-21(3)35)30(5,6)26(32)19-28(34(25,33)10)38-22(4)36/h23-29H,1,11-19H2,2-10H3. The van der Waals surface area contributed by atoms with Crippen molar-refractivity contribution in [3.8, 4) is 0 Å². The first-order valence-corrected chi connectivity index (χ1v) is 15.5. The lowest BCUT2D eigenvalue weighted by atomic mass is 9.31. The van der Waals surface area contributed by atoms with Crippen molar-refractivity contribution < 1.29 is 19.1 Å². The molecular formula is C34H54O4. The van der Waals surface area contributed by atoms with E-state index in [2.05, 4.69) is 55.0 Å². The fourth-order valence-corrected chi connectivity index (χ4v) is 12.2. The van der Waals surface area contributed by atoms with E-state index < -0.39 is 0 Å². The number of ether oxygens (including phenoxy) is 2. The maximum Gasteiger partial charge on any atom is 0.302 e. The van der Waals surface area contributed by atoms with Gasteiger partial charge in [0, 0.05) is 24.7 Å². The molecule has 5 fully saturated rings. The molecule has 0 spiro atoms. The van der Waals surface area contributed by atoms with Crippen molar-refractivity contribution in [1.29, 1.82) is 0 Å². The van der Waals surface area contributed by atoms with Crippen LogP contribution < -0.4 is 0 Å². The number of esters is 2. The summed E-state index contributed by atoms with van der Waals surface area (Å²) in [7, 11) is 0. The van der Waals surface area contributed by atoms with Crippen LogP contribution in [0.15, 0.2) is 12.2 Å². The van der Waals surface area contributed by atoms with Crippen molar-refractivity contribution in [2.45, 2.75) is 132 Å². The highest BCUT2D eigenvalue weighted by atomic mass is 16.5. The largest absolute Gasteiger partial charge is 0.462 e. The molecule has 0 aliphatic heterocycles. The molecule has 5 rings (SSSR count). The quantitative estimate of drug-likeness (QED) is 0.275. The third-order valence-electron chi connectivity index (χ3n) is 14.1. The summed E-state index contributed by atoms with van der Waals surface area (Å²) in [4.78, 5) is 24.7. The van der Waals surface area contributed by atoms with Crippen LogP contribution in [-0.2, 0) is 19.1 Å². The summed E-state index contributed by atoms with van der Waals surface area (Å²) in [5.74, 6) is 2.39. The predicted octanol–water partition coefficient (Wildman–Crippen LogP) is 8.14. The van der Waals surface area contributed by atoms with Gasteiger partial charge >= 0.3 is 11.9 Å². The summed E-state index contributed by atoms with van der Waals surface area (Å²) < 4.78 is 12.3. The van der Waals surface area contributed by atoms with Gasteiger partial charge in [-0.2, -0.15) is 0 Å². The van der Waals surface area contributed by atoms with Gasteiger partial charge in [0.15, 0.2) is 0 Å². The predicted molar refractivity (Wildman–Crippen MR) is 151 cm³/mol. The van der Waals surface area contributed by atoms with Gasteiger partial charge in [0.05, 0.1) is 0 Å². The molecule has 0 N–H and O–H groups in total. The van der Waals surface area contributed by atoms with E-state index >= 15 is 0 Å². The molecule has 38 heavy (non-hydrogen) atoms. The Morgan fingerprint density at radius 2 is 1.37 bits per heavy atom. The minimum atomic E-state index is -0.189. The first-order chi connectivity index (χ1) is 17.5. The molecule has 0 bridgehead atoms. The van der Waals surface area contributed by atoms with Gasteiger partial charge in [0.2, 0.25) is 0 Å². The van der Waals surface area contributed by atoms with Gasteiger partial charge < -0.3 is 9.47 Å². The fourth-order valence-electron chi connectivity index (χ4n) is 12.2. The fraction of sp³-hybridized carbons (Fsp3) is 0.882. The van der Waals surface area contributed by atoms with E-state index in [1.807, 2.05) is 0 Å². The smallest absolute Gasteiger partial charge is 0.302 e. The van der Waals surface area contributed by atoms with E-state index in [1.165, 1.54) is 51.0 Å². The number of hydrogen-bond acceptors (Lipinski definition) is 4. The third-order valence-corrected chi connectivity index (χ3v) is 14.1. The Bertz CT molecular complexity index is 1010. The van der Waals surface area contributed by atoms with Crippen LogP contribution in [0.5, 0.6) is 0 Å². The zero-order valence-corrected chi connectivity index (χ0v) is 25.7. The van der Waals surface area contributed by atoms with Crippen LogP contribution in [0.3, 0.4) is 0 Å². The summed E-state index contributed by atoms with van der Waals surface area (Å²) in [6.07, 6.45) is 10.2. The molecule has 0 radical (unpaired) electrons. The van der Waals surface area contributed by atoms with E-state index in [0.29, 0.717) is 35.0 Å². The second-order valence-corrected chi connectivity index (χ2v) is 16.0. The molecule has 5 aliphatic rings. The molecule has 0 aromatic rings. The summed E-state index contributed by atoms with van der Waals surface area (Å²) in [6.45, 7) is 24.7. The molecule has 5 aliphatic carbocycles. The SMILES string of the molecule is C=C(C)C1CCC2(C)CCC3(C)C(CCC4C5(C)CCC(OC(C)=O)C(C)(C)C5CC(OC(C)=O)C43C)C12. The molecule has 0 heterocycles. The van der Waals surface area contributed by atoms with Crippen LogP contribution in [0.2, 0.25) is 0 Å². The monoisotopic (exact) mass is 526 g/mol. The second kappa shape index (κ2) is 8.84. The molecule has 0 amide bonds. The van der Waals surface area contributed by atoms with E-state index in [1.54, 1.807) is 6.92 Å². The van der Waals surface area contributed by atoms with Crippen LogP contribution >= 0.6 is 0 Å². The number of carbonyl (C=O) groups excluding carboxylic acids is 2. The normalized spacial score (nSPS) is 51.0. The van der Waals surface area contributed by atoms with Gasteiger partial charge in [-0.1, -0.05) is 53.7 Å². The Hall–Kier alpha value is -1.32. The maximum atomic E-state index is 12.7. The lowest BCUT2D eigenvalue weighted by Gasteiger charge is -2.74. The van der Waals surface area contributed by atoms with Crippen molar-refractivity contribution in [1.82, 2.24) is 0 Å². The maximum absolute atomic E-state index is 12.7. The van der Waals surface area contributed by atoms with Crippen molar-refractivity contribution >= 4 is 11.9 Å². The van der Waals surface area contributed by atoms with Gasteiger partial charge in [-0.15, -0.1) is 0 Å². The number of hydrogen-bond donors (Lipinski definition) is 0. The zero-order valence-electron chi connectivity index (χ0n) is 25.7. The van der Waals surface area contributed by atoms with E-state index in [4.69, 9.17) is 9.47 Å². The van der Waals surface area contributed by atoms with E-state index in [-0.39, 0.29) is 45.8 Å². The Morgan fingerprint density at radius 1 is 0.737 bits per heavy atom. The number of fused-ring (bicyclic) bond motifs is 7. The van der Waals surface area contributed by atoms with Crippen LogP contribution in [0.25, 0.3) is 0 Å². The van der Waals surface area contributed by atoms with Gasteiger partial charge in [-0.3, -0.25) is 9.59 Å². The van der Waals surface area contributed by atoms with Gasteiger partial charge in [0.1, 0.15) is 12.2 Å². The van der Waals surface area contributed by atoms with E-state index in [0.717, 1.165) is 19.3 Å². The lowest BCUT2D eigenvalue weighted by Crippen LogP contribution is -2.71. The summed E-state index contributed by atoms with van der Waals surface area (Å²) in [5, 5.41) is 0. The van der Waals surface area contributed by atoms with Crippen molar-refractivity contribution in [3.63, 3.8) is 0 Å². The second-order valence-electron chi connectivity index (χ2n) is 16.0. The molecule has 0 saturated heterocycles. The summed E-state index contributed by atoms with van der Waals surface area (Å²) >= 11 is 0. The number of carbonyl (C=O) groups is 2. The van der Waals surface area contributed by atoms with Crippen molar-refractivity contribution in [2.24, 2.45) is 56.7 Å². The average Bonchev–Trinajstić information content (AvgIpc) is 3.16. The van der Waals surface area contributed by atoms with Crippen LogP contribution in [0, 0.1) is 56.7 Å². The molecule has 214 valence electrons. The molecule has 5 saturated carbocycles. The number of rotatable bonds is 3. The first-order valence-electron chi connectivity index (χ1n) is 15.5.